The van der Waals surface area contributed by atoms with Gasteiger partial charge in [0.15, 0.2) is 5.65 Å². The van der Waals surface area contributed by atoms with Crippen LogP contribution in [0.2, 0.25) is 5.02 Å². The van der Waals surface area contributed by atoms with E-state index in [-0.39, 0.29) is 12.4 Å². The quantitative estimate of drug-likeness (QED) is 0.425. The molecule has 6 nitrogen and oxygen atoms in total. The molecule has 2 aromatic heterocycles. The lowest BCUT2D eigenvalue weighted by molar-refractivity contribution is 0.0512. The molecule has 0 unspecified atom stereocenters. The Labute approximate surface area is 179 Å². The van der Waals surface area contributed by atoms with Crippen LogP contribution in [0.25, 0.3) is 16.7 Å². The zero-order chi connectivity index (χ0) is 21.3. The largest absolute Gasteiger partial charge is 0.460 e. The Morgan fingerprint density at radius 2 is 1.87 bits per heavy atom. The maximum absolute atomic E-state index is 12.5. The van der Waals surface area contributed by atoms with Gasteiger partial charge in [-0.3, -0.25) is 4.57 Å². The highest BCUT2D eigenvalue weighted by Gasteiger charge is 2.22. The number of hydrogen-bond acceptors (Lipinski definition) is 5. The van der Waals surface area contributed by atoms with Crippen molar-refractivity contribution < 1.29 is 9.53 Å². The Hall–Kier alpha value is -3.38. The standard InChI is InChI=1S/C23H21ClN4O2/c1-4-30-23(29)21-26-20(25-17-10-8-9-16(24)13-17)19-14(2)15(3)28(22(19)27-21)18-11-6-5-7-12-18/h5-13H,4H2,1-3H3,(H,25,26,27). The minimum absolute atomic E-state index is 0.00330. The summed E-state index contributed by atoms with van der Waals surface area (Å²) in [4.78, 5) is 21.6. The number of ether oxygens (including phenoxy) is 1. The van der Waals surface area contributed by atoms with Crippen LogP contribution in [0.3, 0.4) is 0 Å². The molecule has 0 amide bonds. The van der Waals surface area contributed by atoms with E-state index in [2.05, 4.69) is 15.3 Å². The highest BCUT2D eigenvalue weighted by molar-refractivity contribution is 6.30. The van der Waals surface area contributed by atoms with Gasteiger partial charge in [-0.1, -0.05) is 35.9 Å². The van der Waals surface area contributed by atoms with E-state index < -0.39 is 5.97 Å². The number of carbonyl (C=O) groups excluding carboxylic acids is 1. The number of nitrogens with zero attached hydrogens (tertiary/aromatic N) is 3. The lowest BCUT2D eigenvalue weighted by Gasteiger charge is -2.11. The van der Waals surface area contributed by atoms with Gasteiger partial charge in [-0.05, 0) is 56.7 Å². The average molecular weight is 421 g/mol. The van der Waals surface area contributed by atoms with Gasteiger partial charge in [-0.25, -0.2) is 14.8 Å². The van der Waals surface area contributed by atoms with E-state index in [4.69, 9.17) is 16.3 Å². The van der Waals surface area contributed by atoms with Gasteiger partial charge in [0.1, 0.15) is 5.82 Å². The Bertz CT molecular complexity index is 1240. The van der Waals surface area contributed by atoms with Crippen molar-refractivity contribution in [3.05, 3.63) is 76.7 Å². The van der Waals surface area contributed by atoms with Gasteiger partial charge < -0.3 is 10.1 Å². The fraction of sp³-hybridized carbons (Fsp3) is 0.174. The number of rotatable bonds is 5. The molecule has 0 atom stereocenters. The van der Waals surface area contributed by atoms with Crippen molar-refractivity contribution >= 4 is 40.1 Å². The van der Waals surface area contributed by atoms with Crippen LogP contribution >= 0.6 is 11.6 Å². The van der Waals surface area contributed by atoms with Crippen LogP contribution in [0.15, 0.2) is 54.6 Å². The molecular weight excluding hydrogens is 400 g/mol. The van der Waals surface area contributed by atoms with Gasteiger partial charge >= 0.3 is 5.97 Å². The fourth-order valence-corrected chi connectivity index (χ4v) is 3.63. The third kappa shape index (κ3) is 3.62. The zero-order valence-electron chi connectivity index (χ0n) is 16.9. The first-order valence-corrected chi connectivity index (χ1v) is 10.0. The van der Waals surface area contributed by atoms with E-state index in [1.165, 1.54) is 0 Å². The third-order valence-electron chi connectivity index (χ3n) is 4.91. The first-order valence-electron chi connectivity index (χ1n) is 9.64. The SMILES string of the molecule is CCOC(=O)c1nc(Nc2cccc(Cl)c2)c2c(C)c(C)n(-c3ccccc3)c2n1. The Morgan fingerprint density at radius 3 is 2.57 bits per heavy atom. The Kier molecular flexibility index (Phi) is 5.42. The number of halogens is 1. The molecule has 7 heteroatoms. The van der Waals surface area contributed by atoms with Crippen LogP contribution in [-0.2, 0) is 4.74 Å². The number of aromatic nitrogens is 3. The number of nitrogens with one attached hydrogen (secondary N) is 1. The maximum atomic E-state index is 12.5. The van der Waals surface area contributed by atoms with Crippen molar-refractivity contribution in [3.8, 4) is 5.69 Å². The molecule has 0 saturated carbocycles. The van der Waals surface area contributed by atoms with Crippen molar-refractivity contribution in [2.45, 2.75) is 20.8 Å². The number of hydrogen-bond donors (Lipinski definition) is 1. The molecule has 0 aliphatic heterocycles. The normalized spacial score (nSPS) is 10.9. The van der Waals surface area contributed by atoms with Gasteiger partial charge in [-0.15, -0.1) is 0 Å². The van der Waals surface area contributed by atoms with E-state index >= 15 is 0 Å². The number of para-hydroxylation sites is 1. The fourth-order valence-electron chi connectivity index (χ4n) is 3.44. The molecule has 0 aliphatic carbocycles. The summed E-state index contributed by atoms with van der Waals surface area (Å²) in [5, 5.41) is 4.74. The maximum Gasteiger partial charge on any atom is 0.376 e. The van der Waals surface area contributed by atoms with E-state index in [0.717, 1.165) is 28.0 Å². The Morgan fingerprint density at radius 1 is 1.10 bits per heavy atom. The van der Waals surface area contributed by atoms with Gasteiger partial charge in [0.05, 0.1) is 12.0 Å². The number of fused-ring (bicyclic) bond motifs is 1. The smallest absolute Gasteiger partial charge is 0.376 e. The van der Waals surface area contributed by atoms with E-state index in [1.807, 2.05) is 60.9 Å². The molecule has 1 N–H and O–H groups in total. The highest BCUT2D eigenvalue weighted by Crippen LogP contribution is 2.33. The molecule has 0 spiro atoms. The molecule has 0 radical (unpaired) electrons. The Balaban J connectivity index is 1.98. The summed E-state index contributed by atoms with van der Waals surface area (Å²) in [6.07, 6.45) is 0. The summed E-state index contributed by atoms with van der Waals surface area (Å²) in [5.41, 5.74) is 4.39. The van der Waals surface area contributed by atoms with Gasteiger partial charge in [0, 0.05) is 22.1 Å². The number of benzene rings is 2. The van der Waals surface area contributed by atoms with Crippen molar-refractivity contribution in [3.63, 3.8) is 0 Å². The average Bonchev–Trinajstić information content (AvgIpc) is 2.99. The second-order valence-electron chi connectivity index (χ2n) is 6.83. The second-order valence-corrected chi connectivity index (χ2v) is 7.27. The number of esters is 1. The number of carbonyl (C=O) groups is 1. The predicted octanol–water partition coefficient (Wildman–Crippen LogP) is 5.61. The molecule has 2 aromatic carbocycles. The van der Waals surface area contributed by atoms with Crippen LogP contribution in [0, 0.1) is 13.8 Å². The molecule has 0 saturated heterocycles. The van der Waals surface area contributed by atoms with Crippen LogP contribution in [-0.4, -0.2) is 27.1 Å². The molecule has 0 aliphatic rings. The molecule has 30 heavy (non-hydrogen) atoms. The molecule has 0 bridgehead atoms. The first-order chi connectivity index (χ1) is 14.5. The third-order valence-corrected chi connectivity index (χ3v) is 5.15. The summed E-state index contributed by atoms with van der Waals surface area (Å²) in [6, 6.07) is 17.2. The van der Waals surface area contributed by atoms with Crippen molar-refractivity contribution in [2.75, 3.05) is 11.9 Å². The van der Waals surface area contributed by atoms with E-state index in [0.29, 0.717) is 16.5 Å². The van der Waals surface area contributed by atoms with Crippen LogP contribution < -0.4 is 5.32 Å². The monoisotopic (exact) mass is 420 g/mol. The van der Waals surface area contributed by atoms with Crippen LogP contribution in [0.1, 0.15) is 28.8 Å². The molecule has 0 fully saturated rings. The van der Waals surface area contributed by atoms with Crippen molar-refractivity contribution in [1.29, 1.82) is 0 Å². The van der Waals surface area contributed by atoms with Crippen molar-refractivity contribution in [1.82, 2.24) is 14.5 Å². The number of anilines is 2. The zero-order valence-corrected chi connectivity index (χ0v) is 17.7. The summed E-state index contributed by atoms with van der Waals surface area (Å²) in [7, 11) is 0. The van der Waals surface area contributed by atoms with Crippen LogP contribution in [0.4, 0.5) is 11.5 Å². The number of aryl methyl sites for hydroxylation is 1. The summed E-state index contributed by atoms with van der Waals surface area (Å²) in [6.45, 7) is 6.04. The minimum Gasteiger partial charge on any atom is -0.460 e. The summed E-state index contributed by atoms with van der Waals surface area (Å²) >= 11 is 6.14. The molecule has 4 aromatic rings. The lowest BCUT2D eigenvalue weighted by Crippen LogP contribution is -2.12. The summed E-state index contributed by atoms with van der Waals surface area (Å²) in [5.74, 6) is -0.0335. The topological polar surface area (TPSA) is 69.0 Å². The second kappa shape index (κ2) is 8.16. The summed E-state index contributed by atoms with van der Waals surface area (Å²) < 4.78 is 7.19. The van der Waals surface area contributed by atoms with E-state index in [1.54, 1.807) is 19.1 Å². The minimum atomic E-state index is -0.565. The van der Waals surface area contributed by atoms with Crippen molar-refractivity contribution in [2.24, 2.45) is 0 Å². The van der Waals surface area contributed by atoms with Crippen LogP contribution in [0.5, 0.6) is 0 Å². The lowest BCUT2D eigenvalue weighted by atomic mass is 10.2. The molecule has 2 heterocycles. The highest BCUT2D eigenvalue weighted by atomic mass is 35.5. The predicted molar refractivity (Wildman–Crippen MR) is 119 cm³/mol. The van der Waals surface area contributed by atoms with Gasteiger partial charge in [-0.2, -0.15) is 0 Å². The molecule has 4 rings (SSSR count). The molecule has 152 valence electrons. The molecular formula is C23H21ClN4O2. The van der Waals surface area contributed by atoms with Gasteiger partial charge in [0.2, 0.25) is 5.82 Å². The van der Waals surface area contributed by atoms with Gasteiger partial charge in [0.25, 0.3) is 0 Å². The van der Waals surface area contributed by atoms with E-state index in [9.17, 15) is 4.79 Å². The first kappa shape index (κ1) is 19.9.